The summed E-state index contributed by atoms with van der Waals surface area (Å²) in [6.07, 6.45) is 0. The van der Waals surface area contributed by atoms with Gasteiger partial charge in [-0.15, -0.1) is 0 Å². The smallest absolute Gasteiger partial charge is 0.171 e. The van der Waals surface area contributed by atoms with Gasteiger partial charge in [0.25, 0.3) is 0 Å². The molecule has 0 atom stereocenters. The third kappa shape index (κ3) is 4.78. The highest BCUT2D eigenvalue weighted by Crippen LogP contribution is 2.36. The van der Waals surface area contributed by atoms with Crippen molar-refractivity contribution in [3.63, 3.8) is 0 Å². The molecule has 0 radical (unpaired) electrons. The lowest BCUT2D eigenvalue weighted by Crippen LogP contribution is -2.30. The van der Waals surface area contributed by atoms with Gasteiger partial charge in [0.05, 0.1) is 0 Å². The molecule has 1 rings (SSSR count). The van der Waals surface area contributed by atoms with Crippen LogP contribution in [0.4, 0.5) is 5.69 Å². The molecule has 1 aromatic rings. The maximum Gasteiger partial charge on any atom is 0.171 e. The Morgan fingerprint density at radius 2 is 1.71 bits per heavy atom. The van der Waals surface area contributed by atoms with Gasteiger partial charge < -0.3 is 20.0 Å². The first kappa shape index (κ1) is 17.6. The second kappa shape index (κ2) is 8.09. The zero-order chi connectivity index (χ0) is 16.0. The van der Waals surface area contributed by atoms with E-state index in [0.29, 0.717) is 9.49 Å². The Morgan fingerprint density at radius 3 is 2.14 bits per heavy atom. The summed E-state index contributed by atoms with van der Waals surface area (Å²) in [7, 11) is 3.68. The van der Waals surface area contributed by atoms with Crippen molar-refractivity contribution < 1.29 is 10.2 Å². The van der Waals surface area contributed by atoms with Crippen LogP contribution in [0, 0.1) is 0 Å². The van der Waals surface area contributed by atoms with Crippen LogP contribution in [0.3, 0.4) is 0 Å². The number of aliphatic imine (C=N–C) groups is 1. The number of phenols is 2. The Bertz CT molecular complexity index is 509. The Kier molecular flexibility index (Phi) is 6.77. The van der Waals surface area contributed by atoms with Gasteiger partial charge in [0.15, 0.2) is 5.17 Å². The standard InChI is InChI=1S/C14H21N3O2S2/c1-5-17(6-2)14(20)21-13(16(3)4)15-12-10(18)8-7-9-11(12)19/h7-9,18-19H,5-6H2,1-4H3. The molecule has 0 aliphatic heterocycles. The van der Waals surface area contributed by atoms with Crippen molar-refractivity contribution in [3.8, 4) is 11.5 Å². The minimum Gasteiger partial charge on any atom is -0.506 e. The molecule has 0 fully saturated rings. The Hall–Kier alpha value is -1.47. The maximum absolute atomic E-state index is 9.82. The highest BCUT2D eigenvalue weighted by atomic mass is 32.2. The summed E-state index contributed by atoms with van der Waals surface area (Å²) in [5.74, 6) is -0.132. The van der Waals surface area contributed by atoms with Crippen LogP contribution in [0.1, 0.15) is 13.8 Å². The van der Waals surface area contributed by atoms with Crippen LogP contribution in [0.5, 0.6) is 11.5 Å². The van der Waals surface area contributed by atoms with Gasteiger partial charge in [-0.2, -0.15) is 0 Å². The number of nitrogens with zero attached hydrogens (tertiary/aromatic N) is 3. The number of benzene rings is 1. The third-order valence-corrected chi connectivity index (χ3v) is 4.36. The van der Waals surface area contributed by atoms with Crippen LogP contribution < -0.4 is 0 Å². The normalized spacial score (nSPS) is 11.3. The quantitative estimate of drug-likeness (QED) is 0.506. The number of thiocarbonyl (C=S) groups is 1. The molecular formula is C14H21N3O2S2. The highest BCUT2D eigenvalue weighted by Gasteiger charge is 2.14. The predicted molar refractivity (Wildman–Crippen MR) is 93.7 cm³/mol. The lowest BCUT2D eigenvalue weighted by Gasteiger charge is -2.23. The molecule has 7 heteroatoms. The molecule has 0 aromatic heterocycles. The average Bonchev–Trinajstić information content (AvgIpc) is 2.42. The van der Waals surface area contributed by atoms with Crippen LogP contribution in [-0.2, 0) is 0 Å². The molecule has 0 spiro atoms. The van der Waals surface area contributed by atoms with Crippen LogP contribution >= 0.6 is 24.0 Å². The van der Waals surface area contributed by atoms with E-state index < -0.39 is 0 Å². The molecule has 0 bridgehead atoms. The molecule has 2 N–H and O–H groups in total. The summed E-state index contributed by atoms with van der Waals surface area (Å²) in [6, 6.07) is 4.53. The fourth-order valence-electron chi connectivity index (χ4n) is 1.57. The first-order chi connectivity index (χ1) is 9.90. The van der Waals surface area contributed by atoms with Gasteiger partial charge in [-0.25, -0.2) is 4.99 Å². The van der Waals surface area contributed by atoms with E-state index >= 15 is 0 Å². The number of hydrogen-bond donors (Lipinski definition) is 2. The number of rotatable bonds is 3. The first-order valence-corrected chi connectivity index (χ1v) is 7.86. The predicted octanol–water partition coefficient (Wildman–Crippen LogP) is 3.01. The molecule has 5 nitrogen and oxygen atoms in total. The minimum absolute atomic E-state index is 0.0660. The Morgan fingerprint density at radius 1 is 1.19 bits per heavy atom. The zero-order valence-electron chi connectivity index (χ0n) is 12.7. The summed E-state index contributed by atoms with van der Waals surface area (Å²) in [5, 5.41) is 20.2. The molecule has 0 aliphatic carbocycles. The molecule has 116 valence electrons. The van der Waals surface area contributed by atoms with E-state index in [-0.39, 0.29) is 17.2 Å². The molecule has 0 unspecified atom stereocenters. The fraction of sp³-hybridized carbons (Fsp3) is 0.429. The molecule has 0 heterocycles. The maximum atomic E-state index is 9.82. The second-order valence-corrected chi connectivity index (χ2v) is 6.08. The Labute approximate surface area is 135 Å². The van der Waals surface area contributed by atoms with Crippen molar-refractivity contribution in [2.45, 2.75) is 13.8 Å². The van der Waals surface area contributed by atoms with Crippen LogP contribution in [-0.4, -0.2) is 56.7 Å². The van der Waals surface area contributed by atoms with Crippen LogP contribution in [0.25, 0.3) is 0 Å². The summed E-state index contributed by atoms with van der Waals surface area (Å²) in [5.41, 5.74) is 0.149. The molecular weight excluding hydrogens is 306 g/mol. The van der Waals surface area contributed by atoms with Gasteiger partial charge in [-0.3, -0.25) is 0 Å². The third-order valence-electron chi connectivity index (χ3n) is 2.78. The monoisotopic (exact) mass is 327 g/mol. The summed E-state index contributed by atoms with van der Waals surface area (Å²) < 4.78 is 0.711. The van der Waals surface area contributed by atoms with E-state index in [1.807, 2.05) is 32.8 Å². The Balaban J connectivity index is 3.07. The van der Waals surface area contributed by atoms with E-state index in [1.165, 1.54) is 23.9 Å². The number of amidine groups is 1. The lowest BCUT2D eigenvalue weighted by atomic mass is 10.3. The van der Waals surface area contributed by atoms with Crippen molar-refractivity contribution in [1.29, 1.82) is 0 Å². The second-order valence-electron chi connectivity index (χ2n) is 4.47. The topological polar surface area (TPSA) is 59.3 Å². The van der Waals surface area contributed by atoms with Crippen molar-refractivity contribution in [3.05, 3.63) is 18.2 Å². The first-order valence-electron chi connectivity index (χ1n) is 6.64. The number of phenolic OH excluding ortho intramolecular Hbond substituents is 2. The molecule has 0 aliphatic rings. The SMILES string of the molecule is CCN(CC)C(=S)SC(=Nc1c(O)cccc1O)N(C)C. The molecule has 0 saturated carbocycles. The van der Waals surface area contributed by atoms with Gasteiger partial charge in [0, 0.05) is 27.2 Å². The van der Waals surface area contributed by atoms with Gasteiger partial charge in [-0.05, 0) is 37.7 Å². The van der Waals surface area contributed by atoms with E-state index in [1.54, 1.807) is 11.0 Å². The number of thioether (sulfide) groups is 1. The average molecular weight is 327 g/mol. The van der Waals surface area contributed by atoms with E-state index in [9.17, 15) is 10.2 Å². The van der Waals surface area contributed by atoms with Gasteiger partial charge >= 0.3 is 0 Å². The van der Waals surface area contributed by atoms with Gasteiger partial charge in [-0.1, -0.05) is 18.3 Å². The minimum atomic E-state index is -0.0660. The van der Waals surface area contributed by atoms with Crippen molar-refractivity contribution in [1.82, 2.24) is 9.80 Å². The van der Waals surface area contributed by atoms with Crippen molar-refractivity contribution in [2.24, 2.45) is 4.99 Å². The van der Waals surface area contributed by atoms with Crippen LogP contribution in [0.15, 0.2) is 23.2 Å². The lowest BCUT2D eigenvalue weighted by molar-refractivity contribution is 0.453. The van der Waals surface area contributed by atoms with Gasteiger partial charge in [0.1, 0.15) is 21.5 Å². The summed E-state index contributed by atoms with van der Waals surface area (Å²) >= 11 is 6.74. The largest absolute Gasteiger partial charge is 0.506 e. The van der Waals surface area contributed by atoms with Crippen molar-refractivity contribution in [2.75, 3.05) is 27.2 Å². The van der Waals surface area contributed by atoms with E-state index in [2.05, 4.69) is 4.99 Å². The zero-order valence-corrected chi connectivity index (χ0v) is 14.3. The number of aromatic hydroxyl groups is 2. The van der Waals surface area contributed by atoms with Crippen molar-refractivity contribution >= 4 is 39.2 Å². The molecule has 1 aromatic carbocycles. The molecule has 0 amide bonds. The van der Waals surface area contributed by atoms with E-state index in [4.69, 9.17) is 12.2 Å². The number of hydrogen-bond acceptors (Lipinski definition) is 5. The summed E-state index contributed by atoms with van der Waals surface area (Å²) in [6.45, 7) is 5.73. The summed E-state index contributed by atoms with van der Waals surface area (Å²) in [4.78, 5) is 8.18. The molecule has 0 saturated heterocycles. The van der Waals surface area contributed by atoms with E-state index in [0.717, 1.165) is 13.1 Å². The highest BCUT2D eigenvalue weighted by molar-refractivity contribution is 8.32. The number of para-hydroxylation sites is 1. The molecule has 21 heavy (non-hydrogen) atoms. The van der Waals surface area contributed by atoms with Crippen LogP contribution in [0.2, 0.25) is 0 Å². The van der Waals surface area contributed by atoms with Gasteiger partial charge in [0.2, 0.25) is 0 Å². The fourth-order valence-corrected chi connectivity index (χ4v) is 2.91.